The number of hydrogen-bond donors (Lipinski definition) is 0. The Morgan fingerprint density at radius 1 is 1.56 bits per heavy atom. The first-order valence-electron chi connectivity index (χ1n) is 5.36. The van der Waals surface area contributed by atoms with Crippen LogP contribution in [0.2, 0.25) is 0 Å². The fourth-order valence-corrected chi connectivity index (χ4v) is 3.25. The normalized spacial score (nSPS) is 37.9. The van der Waals surface area contributed by atoms with Crippen LogP contribution >= 0.6 is 0 Å². The molecular weight excluding hydrogens is 230 g/mol. The molecule has 0 N–H and O–H groups in total. The average molecular weight is 247 g/mol. The molecule has 2 fully saturated rings. The van der Waals surface area contributed by atoms with Crippen molar-refractivity contribution < 1.29 is 17.9 Å². The number of hydrogen-bond acceptors (Lipinski definition) is 4. The van der Waals surface area contributed by atoms with Gasteiger partial charge in [-0.25, -0.2) is 9.00 Å². The zero-order valence-corrected chi connectivity index (χ0v) is 10.8. The van der Waals surface area contributed by atoms with E-state index in [9.17, 15) is 9.00 Å². The van der Waals surface area contributed by atoms with Crippen LogP contribution < -0.4 is 0 Å². The highest BCUT2D eigenvalue weighted by Crippen LogP contribution is 2.47. The third kappa shape index (κ3) is 1.73. The number of nitrogens with zero attached hydrogens (tertiary/aromatic N) is 1. The van der Waals surface area contributed by atoms with Crippen LogP contribution in [0.15, 0.2) is 0 Å². The third-order valence-corrected chi connectivity index (χ3v) is 4.24. The standard InChI is InChI=1S/C10H17NO4S/c1-9(2,3)14-8(12)11-10(4)6-5-7(10)15-16(11)13/h7H,5-6H2,1-4H3/t7?,10-,16?/m0/s1. The summed E-state index contributed by atoms with van der Waals surface area (Å²) in [4.78, 5) is 11.9. The molecule has 1 heterocycles. The van der Waals surface area contributed by atoms with Crippen molar-refractivity contribution in [3.8, 4) is 0 Å². The number of fused-ring (bicyclic) bond motifs is 1. The lowest BCUT2D eigenvalue weighted by molar-refractivity contribution is -0.00930. The van der Waals surface area contributed by atoms with Crippen molar-refractivity contribution in [3.63, 3.8) is 0 Å². The second-order valence-corrected chi connectivity index (χ2v) is 6.46. The first-order chi connectivity index (χ1) is 7.24. The number of carbonyl (C=O) groups excluding carboxylic acids is 1. The fourth-order valence-electron chi connectivity index (χ4n) is 1.95. The highest BCUT2D eigenvalue weighted by Gasteiger charge is 2.60. The Balaban J connectivity index is 2.14. The topological polar surface area (TPSA) is 55.8 Å². The summed E-state index contributed by atoms with van der Waals surface area (Å²) in [7, 11) is 0. The Hall–Kier alpha value is -0.620. The summed E-state index contributed by atoms with van der Waals surface area (Å²) in [5, 5.41) is 0. The Bertz CT molecular complexity index is 351. The maximum atomic E-state index is 11.9. The molecule has 16 heavy (non-hydrogen) atoms. The smallest absolute Gasteiger partial charge is 0.424 e. The van der Waals surface area contributed by atoms with Gasteiger partial charge in [0.15, 0.2) is 0 Å². The summed E-state index contributed by atoms with van der Waals surface area (Å²) in [6.07, 6.45) is 0.987. The molecule has 1 aliphatic carbocycles. The van der Waals surface area contributed by atoms with Crippen molar-refractivity contribution in [2.75, 3.05) is 0 Å². The van der Waals surface area contributed by atoms with Crippen LogP contribution in [0.25, 0.3) is 0 Å². The van der Waals surface area contributed by atoms with Gasteiger partial charge in [-0.3, -0.25) is 4.18 Å². The zero-order valence-electron chi connectivity index (χ0n) is 9.98. The Labute approximate surface area is 97.9 Å². The quantitative estimate of drug-likeness (QED) is 0.654. The van der Waals surface area contributed by atoms with Gasteiger partial charge in [-0.1, -0.05) is 0 Å². The average Bonchev–Trinajstić information content (AvgIpc) is 2.24. The Morgan fingerprint density at radius 2 is 2.19 bits per heavy atom. The number of ether oxygens (including phenoxy) is 1. The van der Waals surface area contributed by atoms with Gasteiger partial charge in [0.1, 0.15) is 11.7 Å². The highest BCUT2D eigenvalue weighted by molar-refractivity contribution is 7.78. The molecule has 2 aliphatic rings. The van der Waals surface area contributed by atoms with E-state index in [1.807, 2.05) is 6.92 Å². The van der Waals surface area contributed by atoms with Crippen molar-refractivity contribution in [2.45, 2.75) is 57.8 Å². The minimum Gasteiger partial charge on any atom is -0.443 e. The predicted octanol–water partition coefficient (Wildman–Crippen LogP) is 1.75. The van der Waals surface area contributed by atoms with Gasteiger partial charge in [-0.15, -0.1) is 0 Å². The Morgan fingerprint density at radius 3 is 2.56 bits per heavy atom. The molecule has 0 aromatic carbocycles. The summed E-state index contributed by atoms with van der Waals surface area (Å²) in [5.74, 6) is 0. The van der Waals surface area contributed by atoms with Crippen LogP contribution in [0.1, 0.15) is 40.5 Å². The largest absolute Gasteiger partial charge is 0.443 e. The minimum atomic E-state index is -1.70. The second kappa shape index (κ2) is 3.43. The minimum absolute atomic E-state index is 0.110. The van der Waals surface area contributed by atoms with Crippen molar-refractivity contribution in [3.05, 3.63) is 0 Å². The van der Waals surface area contributed by atoms with Gasteiger partial charge in [0, 0.05) is 0 Å². The van der Waals surface area contributed by atoms with Gasteiger partial charge >= 0.3 is 6.09 Å². The van der Waals surface area contributed by atoms with E-state index in [0.717, 1.165) is 12.8 Å². The molecule has 0 aromatic heterocycles. The van der Waals surface area contributed by atoms with Gasteiger partial charge in [-0.05, 0) is 40.5 Å². The van der Waals surface area contributed by atoms with Crippen molar-refractivity contribution in [2.24, 2.45) is 0 Å². The molecule has 0 radical (unpaired) electrons. The number of amides is 1. The first kappa shape index (κ1) is 11.9. The molecule has 5 nitrogen and oxygen atoms in total. The van der Waals surface area contributed by atoms with E-state index in [1.54, 1.807) is 20.8 Å². The van der Waals surface area contributed by atoms with E-state index in [0.29, 0.717) is 0 Å². The van der Waals surface area contributed by atoms with Gasteiger partial charge in [0.05, 0.1) is 5.54 Å². The monoisotopic (exact) mass is 247 g/mol. The molecule has 92 valence electrons. The van der Waals surface area contributed by atoms with Crippen molar-refractivity contribution in [1.29, 1.82) is 0 Å². The SMILES string of the molecule is CC(C)(C)OC(=O)N1S(=O)OC2CC[C@@]21C. The van der Waals surface area contributed by atoms with Gasteiger partial charge in [0.2, 0.25) is 0 Å². The van der Waals surface area contributed by atoms with Crippen LogP contribution in [0.5, 0.6) is 0 Å². The van der Waals surface area contributed by atoms with E-state index in [-0.39, 0.29) is 6.10 Å². The fraction of sp³-hybridized carbons (Fsp3) is 0.900. The zero-order chi connectivity index (χ0) is 12.1. The van der Waals surface area contributed by atoms with E-state index in [4.69, 9.17) is 8.92 Å². The van der Waals surface area contributed by atoms with E-state index < -0.39 is 28.5 Å². The molecule has 0 bridgehead atoms. The molecule has 0 aromatic rings. The number of carbonyl (C=O) groups is 1. The highest BCUT2D eigenvalue weighted by atomic mass is 32.2. The van der Waals surface area contributed by atoms with Crippen LogP contribution in [0.3, 0.4) is 0 Å². The van der Waals surface area contributed by atoms with Crippen LogP contribution in [-0.4, -0.2) is 31.9 Å². The predicted molar refractivity (Wildman–Crippen MR) is 58.7 cm³/mol. The van der Waals surface area contributed by atoms with E-state index in [1.165, 1.54) is 4.31 Å². The third-order valence-electron chi connectivity index (χ3n) is 2.98. The van der Waals surface area contributed by atoms with Crippen LogP contribution in [-0.2, 0) is 20.2 Å². The van der Waals surface area contributed by atoms with E-state index >= 15 is 0 Å². The maximum absolute atomic E-state index is 11.9. The molecule has 0 spiro atoms. The van der Waals surface area contributed by atoms with Crippen molar-refractivity contribution >= 4 is 17.4 Å². The summed E-state index contributed by atoms with van der Waals surface area (Å²) >= 11 is -1.70. The maximum Gasteiger partial charge on any atom is 0.424 e. The molecule has 2 rings (SSSR count). The molecule has 1 amide bonds. The molecule has 6 heteroatoms. The molecular formula is C10H17NO4S. The molecule has 2 unspecified atom stereocenters. The lowest BCUT2D eigenvalue weighted by Crippen LogP contribution is -2.57. The molecule has 3 atom stereocenters. The molecule has 1 aliphatic heterocycles. The summed E-state index contributed by atoms with van der Waals surface area (Å²) in [5.41, 5.74) is -1.04. The van der Waals surface area contributed by atoms with Crippen LogP contribution in [0.4, 0.5) is 4.79 Å². The summed E-state index contributed by atoms with van der Waals surface area (Å²) in [6.45, 7) is 7.23. The lowest BCUT2D eigenvalue weighted by atomic mass is 9.75. The van der Waals surface area contributed by atoms with Crippen molar-refractivity contribution in [1.82, 2.24) is 4.31 Å². The molecule has 1 saturated carbocycles. The van der Waals surface area contributed by atoms with Crippen LogP contribution in [0, 0.1) is 0 Å². The van der Waals surface area contributed by atoms with Gasteiger partial charge in [-0.2, -0.15) is 4.31 Å². The first-order valence-corrected chi connectivity index (χ1v) is 6.39. The van der Waals surface area contributed by atoms with Gasteiger partial charge in [0.25, 0.3) is 11.3 Å². The lowest BCUT2D eigenvalue weighted by Gasteiger charge is -2.42. The summed E-state index contributed by atoms with van der Waals surface area (Å²) < 4.78 is 23.3. The number of rotatable bonds is 0. The second-order valence-electron chi connectivity index (χ2n) is 5.47. The Kier molecular flexibility index (Phi) is 2.54. The molecule has 1 saturated heterocycles. The summed E-state index contributed by atoms with van der Waals surface area (Å²) in [6, 6.07) is 0. The van der Waals surface area contributed by atoms with E-state index in [2.05, 4.69) is 0 Å². The van der Waals surface area contributed by atoms with Gasteiger partial charge < -0.3 is 4.74 Å².